The molecule has 0 heterocycles. The Morgan fingerprint density at radius 2 is 1.93 bits per heavy atom. The van der Waals surface area contributed by atoms with E-state index in [4.69, 9.17) is 4.74 Å². The van der Waals surface area contributed by atoms with E-state index in [1.54, 1.807) is 0 Å². The Morgan fingerprint density at radius 1 is 1.18 bits per heavy atom. The summed E-state index contributed by atoms with van der Waals surface area (Å²) in [5.74, 6) is 1.82. The van der Waals surface area contributed by atoms with Gasteiger partial charge in [0.1, 0.15) is 11.9 Å². The molecule has 4 fully saturated rings. The second kappa shape index (κ2) is 6.71. The molecule has 7 atom stereocenters. The van der Waals surface area contributed by atoms with Gasteiger partial charge in [0.05, 0.1) is 6.07 Å². The number of hydrogen-bond acceptors (Lipinski definition) is 4. The molecule has 0 aromatic rings. The summed E-state index contributed by atoms with van der Waals surface area (Å²) in [4.78, 5) is 25.0. The van der Waals surface area contributed by atoms with Crippen LogP contribution in [-0.4, -0.2) is 17.9 Å². The molecule has 4 aliphatic rings. The first kappa shape index (κ1) is 19.7. The summed E-state index contributed by atoms with van der Waals surface area (Å²) in [5, 5.41) is 9.45. The van der Waals surface area contributed by atoms with Gasteiger partial charge in [-0.25, -0.2) is 0 Å². The van der Waals surface area contributed by atoms with Gasteiger partial charge in [-0.3, -0.25) is 9.59 Å². The summed E-state index contributed by atoms with van der Waals surface area (Å²) in [6, 6.07) is 2.35. The van der Waals surface area contributed by atoms with E-state index < -0.39 is 0 Å². The molecule has 0 spiro atoms. The molecule has 28 heavy (non-hydrogen) atoms. The molecule has 0 aromatic heterocycles. The Kier molecular flexibility index (Phi) is 4.72. The predicted octanol–water partition coefficient (Wildman–Crippen LogP) is 4.98. The van der Waals surface area contributed by atoms with E-state index in [0.717, 1.165) is 50.5 Å². The van der Waals surface area contributed by atoms with E-state index in [1.165, 1.54) is 12.5 Å². The smallest absolute Gasteiger partial charge is 0.302 e. The average molecular weight is 384 g/mol. The minimum atomic E-state index is -0.190. The first-order valence-corrected chi connectivity index (χ1v) is 11.0. The lowest BCUT2D eigenvalue weighted by Crippen LogP contribution is -2.57. The van der Waals surface area contributed by atoms with Gasteiger partial charge in [-0.2, -0.15) is 5.26 Å². The molecular formula is C24H33NO3. The minimum absolute atomic E-state index is 0.0235. The van der Waals surface area contributed by atoms with Gasteiger partial charge in [-0.05, 0) is 80.5 Å². The molecule has 0 aliphatic heterocycles. The fourth-order valence-electron chi connectivity index (χ4n) is 7.88. The zero-order valence-corrected chi connectivity index (χ0v) is 17.7. The molecule has 0 bridgehead atoms. The molecule has 4 nitrogen and oxygen atoms in total. The average Bonchev–Trinajstić information content (AvgIpc) is 2.97. The number of hydrogen-bond donors (Lipinski definition) is 0. The Bertz CT molecular complexity index is 777. The molecule has 0 radical (unpaired) electrons. The number of allylic oxidation sites excluding steroid dienone is 2. The maximum Gasteiger partial charge on any atom is 0.302 e. The molecule has 0 saturated heterocycles. The van der Waals surface area contributed by atoms with Crippen LogP contribution in [0.1, 0.15) is 79.1 Å². The van der Waals surface area contributed by atoms with Crippen LogP contribution < -0.4 is 0 Å². The number of carbonyl (C=O) groups is 2. The van der Waals surface area contributed by atoms with Crippen molar-refractivity contribution in [2.75, 3.05) is 0 Å². The highest BCUT2D eigenvalue weighted by Gasteiger charge is 2.62. The summed E-state index contributed by atoms with van der Waals surface area (Å²) in [6.07, 6.45) is 7.72. The Balaban J connectivity index is 1.63. The standard InChI is InChI=1S/C24H33NO3/c1-14(13-25)19-7-8-20-18-6-5-16-11-17(28-15(2)26)9-10-23(16,3)22(18)21(27)12-24(19,20)4/h16-18,20,22H,5-12H2,1-4H3/b19-14-/t16-,17+,18-,20-,22+,23-,24+/m0/s1. The van der Waals surface area contributed by atoms with Crippen LogP contribution in [0.5, 0.6) is 0 Å². The van der Waals surface area contributed by atoms with Gasteiger partial charge in [-0.1, -0.05) is 19.4 Å². The van der Waals surface area contributed by atoms with E-state index in [2.05, 4.69) is 19.9 Å². The van der Waals surface area contributed by atoms with Gasteiger partial charge in [0.15, 0.2) is 0 Å². The van der Waals surface area contributed by atoms with Gasteiger partial charge in [0.2, 0.25) is 0 Å². The number of carbonyl (C=O) groups excluding carboxylic acids is 2. The summed E-state index contributed by atoms with van der Waals surface area (Å²) in [7, 11) is 0. The van der Waals surface area contributed by atoms with Crippen LogP contribution in [0.2, 0.25) is 0 Å². The number of nitrogens with zero attached hydrogens (tertiary/aromatic N) is 1. The van der Waals surface area contributed by atoms with Crippen LogP contribution in [0.3, 0.4) is 0 Å². The summed E-state index contributed by atoms with van der Waals surface area (Å²) >= 11 is 0. The number of nitriles is 1. The van der Waals surface area contributed by atoms with Crippen molar-refractivity contribution >= 4 is 11.8 Å². The highest BCUT2D eigenvalue weighted by molar-refractivity contribution is 5.85. The fourth-order valence-corrected chi connectivity index (χ4v) is 7.88. The van der Waals surface area contributed by atoms with E-state index in [-0.39, 0.29) is 28.8 Å². The zero-order chi connectivity index (χ0) is 20.3. The van der Waals surface area contributed by atoms with E-state index in [9.17, 15) is 14.9 Å². The second-order valence-corrected chi connectivity index (χ2v) is 10.3. The lowest BCUT2D eigenvalue weighted by Gasteiger charge is -2.59. The number of ether oxygens (including phenoxy) is 1. The summed E-state index contributed by atoms with van der Waals surface area (Å²) in [5.41, 5.74) is 2.00. The van der Waals surface area contributed by atoms with Crippen LogP contribution in [-0.2, 0) is 14.3 Å². The van der Waals surface area contributed by atoms with Gasteiger partial charge in [0.25, 0.3) is 0 Å². The number of Topliss-reactive ketones (excluding diaryl/α,β-unsaturated/α-hetero) is 1. The molecule has 152 valence electrons. The van der Waals surface area contributed by atoms with Gasteiger partial charge >= 0.3 is 5.97 Å². The fraction of sp³-hybridized carbons (Fsp3) is 0.792. The quantitative estimate of drug-likeness (QED) is 0.473. The van der Waals surface area contributed by atoms with E-state index >= 15 is 0 Å². The lowest BCUT2D eigenvalue weighted by molar-refractivity contribution is -0.166. The van der Waals surface area contributed by atoms with Crippen molar-refractivity contribution in [2.45, 2.75) is 85.2 Å². The summed E-state index contributed by atoms with van der Waals surface area (Å²) < 4.78 is 5.53. The molecule has 4 saturated carbocycles. The lowest BCUT2D eigenvalue weighted by atomic mass is 9.44. The van der Waals surface area contributed by atoms with Gasteiger partial charge in [-0.15, -0.1) is 0 Å². The van der Waals surface area contributed by atoms with Crippen LogP contribution in [0.4, 0.5) is 0 Å². The molecule has 4 aliphatic carbocycles. The van der Waals surface area contributed by atoms with Crippen molar-refractivity contribution < 1.29 is 14.3 Å². The molecule has 4 heteroatoms. The van der Waals surface area contributed by atoms with Crippen molar-refractivity contribution in [2.24, 2.45) is 34.5 Å². The van der Waals surface area contributed by atoms with Crippen molar-refractivity contribution in [1.29, 1.82) is 5.26 Å². The van der Waals surface area contributed by atoms with Gasteiger partial charge < -0.3 is 4.74 Å². The van der Waals surface area contributed by atoms with Crippen molar-refractivity contribution in [3.8, 4) is 6.07 Å². The van der Waals surface area contributed by atoms with Crippen molar-refractivity contribution in [3.63, 3.8) is 0 Å². The molecule has 4 rings (SSSR count). The minimum Gasteiger partial charge on any atom is -0.463 e. The SMILES string of the molecule is CC(=O)O[C@@H]1CC[C@@]2(C)[C@@H](CC[C@@H]3[C@@H]2C(=O)C[C@]2(C)/C(=C(/C)C#N)CC[C@@H]32)C1. The third-order valence-electron chi connectivity index (χ3n) is 9.04. The number of rotatable bonds is 1. The third-order valence-corrected chi connectivity index (χ3v) is 9.04. The molecule has 0 aromatic carbocycles. The van der Waals surface area contributed by atoms with Crippen LogP contribution in [0.25, 0.3) is 0 Å². The molecule has 0 amide bonds. The third kappa shape index (κ3) is 2.77. The number of esters is 1. The topological polar surface area (TPSA) is 67.2 Å². The second-order valence-electron chi connectivity index (χ2n) is 10.3. The van der Waals surface area contributed by atoms with Crippen molar-refractivity contribution in [1.82, 2.24) is 0 Å². The summed E-state index contributed by atoms with van der Waals surface area (Å²) in [6.45, 7) is 8.00. The highest BCUT2D eigenvalue weighted by atomic mass is 16.5. The Morgan fingerprint density at radius 3 is 2.61 bits per heavy atom. The van der Waals surface area contributed by atoms with E-state index in [0.29, 0.717) is 30.0 Å². The molecule has 0 unspecified atom stereocenters. The molecule has 0 N–H and O–H groups in total. The Labute approximate surface area is 168 Å². The van der Waals surface area contributed by atoms with Gasteiger partial charge in [0, 0.05) is 24.8 Å². The largest absolute Gasteiger partial charge is 0.463 e. The van der Waals surface area contributed by atoms with Crippen LogP contribution in [0, 0.1) is 45.8 Å². The first-order valence-electron chi connectivity index (χ1n) is 11.0. The first-order chi connectivity index (χ1) is 13.2. The zero-order valence-electron chi connectivity index (χ0n) is 17.7. The maximum atomic E-state index is 13.6. The number of fused-ring (bicyclic) bond motifs is 5. The maximum absolute atomic E-state index is 13.6. The van der Waals surface area contributed by atoms with Crippen LogP contribution in [0.15, 0.2) is 11.1 Å². The van der Waals surface area contributed by atoms with Crippen molar-refractivity contribution in [3.05, 3.63) is 11.1 Å². The predicted molar refractivity (Wildman–Crippen MR) is 106 cm³/mol. The monoisotopic (exact) mass is 383 g/mol. The highest BCUT2D eigenvalue weighted by Crippen LogP contribution is 2.66. The number of ketones is 1. The van der Waals surface area contributed by atoms with E-state index in [1.807, 2.05) is 6.92 Å². The normalized spacial score (nSPS) is 46.7. The molecular weight excluding hydrogens is 350 g/mol. The van der Waals surface area contributed by atoms with Crippen LogP contribution >= 0.6 is 0 Å². The Hall–Kier alpha value is -1.63.